The van der Waals surface area contributed by atoms with Crippen molar-refractivity contribution < 1.29 is 23.1 Å². The Balaban J connectivity index is 2.28. The van der Waals surface area contributed by atoms with Gasteiger partial charge in [-0.15, -0.1) is 0 Å². The summed E-state index contributed by atoms with van der Waals surface area (Å²) in [6.45, 7) is 6.57. The molecule has 2 rings (SSSR count). The number of carbonyl (C=O) groups excluding carboxylic acids is 2. The Kier molecular flexibility index (Phi) is 5.06. The standard InChI is InChI=1S/C18H24F2N2O3/c1-12-7-6-8-13(11-12)21(5)15(23)14-18(19,20)9-10-22(14)16(24)25-17(2,3)4/h6-8,11,14H,9-10H2,1-5H3. The van der Waals surface area contributed by atoms with E-state index in [-0.39, 0.29) is 6.54 Å². The van der Waals surface area contributed by atoms with E-state index in [4.69, 9.17) is 4.74 Å². The van der Waals surface area contributed by atoms with E-state index < -0.39 is 36.0 Å². The molecule has 2 amide bonds. The quantitative estimate of drug-likeness (QED) is 0.815. The molecule has 1 aromatic carbocycles. The van der Waals surface area contributed by atoms with Gasteiger partial charge in [0.1, 0.15) is 5.60 Å². The van der Waals surface area contributed by atoms with Crippen LogP contribution in [0.3, 0.4) is 0 Å². The SMILES string of the molecule is Cc1cccc(N(C)C(=O)C2N(C(=O)OC(C)(C)C)CCC2(F)F)c1. The molecule has 0 radical (unpaired) electrons. The maximum Gasteiger partial charge on any atom is 0.411 e. The van der Waals surface area contributed by atoms with Crippen molar-refractivity contribution in [2.45, 2.75) is 51.7 Å². The summed E-state index contributed by atoms with van der Waals surface area (Å²) in [5.41, 5.74) is 0.571. The number of likely N-dealkylation sites (N-methyl/N-ethyl adjacent to an activating group) is 1. The third kappa shape index (κ3) is 4.27. The molecule has 7 heteroatoms. The second kappa shape index (κ2) is 6.61. The largest absolute Gasteiger partial charge is 0.444 e. The lowest BCUT2D eigenvalue weighted by atomic mass is 10.1. The predicted molar refractivity (Wildman–Crippen MR) is 90.9 cm³/mol. The Hall–Kier alpha value is -2.18. The van der Waals surface area contributed by atoms with Crippen molar-refractivity contribution in [1.82, 2.24) is 4.90 Å². The summed E-state index contributed by atoms with van der Waals surface area (Å²) >= 11 is 0. The molecule has 1 heterocycles. The number of amides is 2. The Bertz CT molecular complexity index is 671. The number of alkyl halides is 2. The second-order valence-electron chi connectivity index (χ2n) is 7.32. The van der Waals surface area contributed by atoms with E-state index in [2.05, 4.69) is 0 Å². The molecule has 138 valence electrons. The lowest BCUT2D eigenvalue weighted by Crippen LogP contribution is -2.54. The van der Waals surface area contributed by atoms with Crippen molar-refractivity contribution in [3.8, 4) is 0 Å². The van der Waals surface area contributed by atoms with Crippen molar-refractivity contribution in [1.29, 1.82) is 0 Å². The highest BCUT2D eigenvalue weighted by Crippen LogP contribution is 2.36. The molecule has 1 atom stereocenters. The van der Waals surface area contributed by atoms with Gasteiger partial charge in [0.15, 0.2) is 6.04 Å². The number of hydrogen-bond donors (Lipinski definition) is 0. The van der Waals surface area contributed by atoms with Gasteiger partial charge in [0.2, 0.25) is 0 Å². The van der Waals surface area contributed by atoms with Crippen LogP contribution in [0.4, 0.5) is 19.3 Å². The number of carbonyl (C=O) groups is 2. The van der Waals surface area contributed by atoms with Crippen LogP contribution in [-0.2, 0) is 9.53 Å². The van der Waals surface area contributed by atoms with Gasteiger partial charge in [0, 0.05) is 25.7 Å². The molecule has 5 nitrogen and oxygen atoms in total. The van der Waals surface area contributed by atoms with Crippen LogP contribution in [0.1, 0.15) is 32.8 Å². The minimum Gasteiger partial charge on any atom is -0.444 e. The Morgan fingerprint density at radius 1 is 1.32 bits per heavy atom. The fourth-order valence-corrected chi connectivity index (χ4v) is 2.74. The third-order valence-corrected chi connectivity index (χ3v) is 3.98. The fraction of sp³-hybridized carbons (Fsp3) is 0.556. The number of likely N-dealkylation sites (tertiary alicyclic amines) is 1. The highest BCUT2D eigenvalue weighted by atomic mass is 19.3. The maximum atomic E-state index is 14.4. The first-order chi connectivity index (χ1) is 11.4. The summed E-state index contributed by atoms with van der Waals surface area (Å²) in [4.78, 5) is 27.0. The first kappa shape index (κ1) is 19.1. The van der Waals surface area contributed by atoms with Gasteiger partial charge in [-0.25, -0.2) is 13.6 Å². The zero-order valence-corrected chi connectivity index (χ0v) is 15.2. The van der Waals surface area contributed by atoms with Crippen LogP contribution in [0.15, 0.2) is 24.3 Å². The van der Waals surface area contributed by atoms with E-state index >= 15 is 0 Å². The molecular formula is C18H24F2N2O3. The molecule has 1 aliphatic rings. The average molecular weight is 354 g/mol. The molecule has 0 spiro atoms. The van der Waals surface area contributed by atoms with E-state index in [1.807, 2.05) is 13.0 Å². The van der Waals surface area contributed by atoms with Gasteiger partial charge in [-0.05, 0) is 45.4 Å². The van der Waals surface area contributed by atoms with E-state index in [0.717, 1.165) is 15.4 Å². The van der Waals surface area contributed by atoms with Crippen LogP contribution < -0.4 is 4.90 Å². The number of aryl methyl sites for hydroxylation is 1. The molecule has 1 aliphatic heterocycles. The number of rotatable bonds is 2. The Labute approximate surface area is 146 Å². The van der Waals surface area contributed by atoms with Gasteiger partial charge < -0.3 is 9.64 Å². The maximum absolute atomic E-state index is 14.4. The van der Waals surface area contributed by atoms with Crippen LogP contribution in [0, 0.1) is 6.92 Å². The Morgan fingerprint density at radius 2 is 1.96 bits per heavy atom. The molecule has 25 heavy (non-hydrogen) atoms. The topological polar surface area (TPSA) is 49.9 Å². The van der Waals surface area contributed by atoms with E-state index in [9.17, 15) is 18.4 Å². The molecule has 0 aromatic heterocycles. The van der Waals surface area contributed by atoms with Crippen molar-refractivity contribution in [2.24, 2.45) is 0 Å². The number of benzene rings is 1. The number of halogens is 2. The monoisotopic (exact) mass is 354 g/mol. The number of nitrogens with zero attached hydrogens (tertiary/aromatic N) is 2. The molecule has 1 unspecified atom stereocenters. The van der Waals surface area contributed by atoms with Crippen LogP contribution >= 0.6 is 0 Å². The van der Waals surface area contributed by atoms with Gasteiger partial charge in [-0.3, -0.25) is 9.69 Å². The highest BCUT2D eigenvalue weighted by molar-refractivity contribution is 5.99. The van der Waals surface area contributed by atoms with Gasteiger partial charge in [0.05, 0.1) is 0 Å². The summed E-state index contributed by atoms with van der Waals surface area (Å²) in [5.74, 6) is -4.13. The second-order valence-corrected chi connectivity index (χ2v) is 7.32. The fourth-order valence-electron chi connectivity index (χ4n) is 2.74. The smallest absolute Gasteiger partial charge is 0.411 e. The van der Waals surface area contributed by atoms with Crippen molar-refractivity contribution in [2.75, 3.05) is 18.5 Å². The third-order valence-electron chi connectivity index (χ3n) is 3.98. The molecule has 0 aliphatic carbocycles. The number of hydrogen-bond acceptors (Lipinski definition) is 3. The number of ether oxygens (including phenoxy) is 1. The lowest BCUT2D eigenvalue weighted by Gasteiger charge is -2.32. The molecule has 1 fully saturated rings. The van der Waals surface area contributed by atoms with Crippen LogP contribution in [0.2, 0.25) is 0 Å². The van der Waals surface area contributed by atoms with Crippen molar-refractivity contribution in [3.05, 3.63) is 29.8 Å². The Morgan fingerprint density at radius 3 is 2.52 bits per heavy atom. The molecule has 0 N–H and O–H groups in total. The first-order valence-electron chi connectivity index (χ1n) is 8.14. The summed E-state index contributed by atoms with van der Waals surface area (Å²) in [6.07, 6.45) is -1.47. The summed E-state index contributed by atoms with van der Waals surface area (Å²) in [7, 11) is 1.43. The highest BCUT2D eigenvalue weighted by Gasteiger charge is 2.56. The average Bonchev–Trinajstić information content (AvgIpc) is 2.79. The van der Waals surface area contributed by atoms with Crippen molar-refractivity contribution >= 4 is 17.7 Å². The van der Waals surface area contributed by atoms with Gasteiger partial charge in [-0.2, -0.15) is 0 Å². The van der Waals surface area contributed by atoms with E-state index in [0.29, 0.717) is 5.69 Å². The van der Waals surface area contributed by atoms with Gasteiger partial charge in [-0.1, -0.05) is 12.1 Å². The van der Waals surface area contributed by atoms with Gasteiger partial charge in [0.25, 0.3) is 11.8 Å². The van der Waals surface area contributed by atoms with E-state index in [1.165, 1.54) is 7.05 Å². The molecule has 0 bridgehead atoms. The molecule has 1 saturated heterocycles. The van der Waals surface area contributed by atoms with Crippen LogP contribution in [0.25, 0.3) is 0 Å². The molecule has 1 aromatic rings. The zero-order valence-electron chi connectivity index (χ0n) is 15.2. The summed E-state index contributed by atoms with van der Waals surface area (Å²) in [6, 6.07) is 5.11. The summed E-state index contributed by atoms with van der Waals surface area (Å²) in [5, 5.41) is 0. The van der Waals surface area contributed by atoms with E-state index in [1.54, 1.807) is 39.0 Å². The van der Waals surface area contributed by atoms with Crippen LogP contribution in [-0.4, -0.2) is 48.1 Å². The minimum atomic E-state index is -3.30. The normalized spacial score (nSPS) is 19.6. The zero-order chi connectivity index (χ0) is 19.0. The molecule has 0 saturated carbocycles. The minimum absolute atomic E-state index is 0.222. The number of anilines is 1. The first-order valence-corrected chi connectivity index (χ1v) is 8.14. The lowest BCUT2D eigenvalue weighted by molar-refractivity contribution is -0.132. The van der Waals surface area contributed by atoms with Gasteiger partial charge >= 0.3 is 6.09 Å². The van der Waals surface area contributed by atoms with Crippen molar-refractivity contribution in [3.63, 3.8) is 0 Å². The van der Waals surface area contributed by atoms with Crippen LogP contribution in [0.5, 0.6) is 0 Å². The molecular weight excluding hydrogens is 330 g/mol. The predicted octanol–water partition coefficient (Wildman–Crippen LogP) is 3.60. The summed E-state index contributed by atoms with van der Waals surface area (Å²) < 4.78 is 33.9.